The maximum Gasteiger partial charge on any atom is 0.321 e. The van der Waals surface area contributed by atoms with Crippen molar-refractivity contribution in [2.45, 2.75) is 31.8 Å². The number of esters is 1. The van der Waals surface area contributed by atoms with Gasteiger partial charge in [0.2, 0.25) is 0 Å². The maximum atomic E-state index is 12.7. The Morgan fingerprint density at radius 2 is 2.26 bits per heavy atom. The molecule has 0 fully saturated rings. The Labute approximate surface area is 140 Å². The quantitative estimate of drug-likeness (QED) is 0.804. The van der Waals surface area contributed by atoms with Crippen molar-refractivity contribution in [3.8, 4) is 5.75 Å². The van der Waals surface area contributed by atoms with Crippen LogP contribution in [0.15, 0.2) is 42.6 Å². The van der Waals surface area contributed by atoms with Crippen LogP contribution in [-0.2, 0) is 21.4 Å². The van der Waals surface area contributed by atoms with E-state index in [1.165, 1.54) is 0 Å². The number of halogens is 1. The Hall–Kier alpha value is -2.07. The van der Waals surface area contributed by atoms with Crippen molar-refractivity contribution in [3.05, 3.63) is 58.9 Å². The molecule has 1 aromatic carbocycles. The van der Waals surface area contributed by atoms with E-state index in [4.69, 9.17) is 21.1 Å². The summed E-state index contributed by atoms with van der Waals surface area (Å²) in [6.07, 6.45) is 1.87. The number of hydrogen-bond donors (Lipinski definition) is 0. The van der Waals surface area contributed by atoms with Crippen LogP contribution in [0.4, 0.5) is 0 Å². The summed E-state index contributed by atoms with van der Waals surface area (Å²) in [5.41, 5.74) is 0.652. The normalized spacial score (nSPS) is 18.7. The molecular weight excluding hydrogens is 314 g/mol. The molecule has 2 unspecified atom stereocenters. The zero-order valence-electron chi connectivity index (χ0n) is 13.1. The number of nitrogens with zero attached hydrogens (tertiary/aromatic N) is 1. The summed E-state index contributed by atoms with van der Waals surface area (Å²) in [6.45, 7) is 3.93. The first-order valence-electron chi connectivity index (χ1n) is 7.59. The molecule has 0 spiro atoms. The summed E-state index contributed by atoms with van der Waals surface area (Å²) < 4.78 is 11.4. The third-order valence-electron chi connectivity index (χ3n) is 4.24. The molecule has 2 atom stereocenters. The average Bonchev–Trinajstić information content (AvgIpc) is 2.98. The van der Waals surface area contributed by atoms with Gasteiger partial charge in [0.25, 0.3) is 0 Å². The number of hydrogen-bond acceptors (Lipinski definition) is 4. The molecule has 0 saturated carbocycles. The second-order valence-electron chi connectivity index (χ2n) is 5.70. The van der Waals surface area contributed by atoms with Crippen molar-refractivity contribution >= 4 is 17.6 Å². The highest BCUT2D eigenvalue weighted by Crippen LogP contribution is 2.40. The molecule has 0 radical (unpaired) electrons. The summed E-state index contributed by atoms with van der Waals surface area (Å²) in [7, 11) is 0. The van der Waals surface area contributed by atoms with E-state index in [1.54, 1.807) is 19.2 Å². The molecule has 0 bridgehead atoms. The summed E-state index contributed by atoms with van der Waals surface area (Å²) in [5.74, 6) is 0.424. The van der Waals surface area contributed by atoms with E-state index >= 15 is 0 Å². The highest BCUT2D eigenvalue weighted by Gasteiger charge is 2.49. The van der Waals surface area contributed by atoms with Crippen LogP contribution < -0.4 is 4.74 Å². The molecule has 1 aliphatic rings. The molecule has 2 aromatic rings. The van der Waals surface area contributed by atoms with Crippen LogP contribution in [0.2, 0.25) is 5.02 Å². The Kier molecular flexibility index (Phi) is 4.26. The largest absolute Gasteiger partial charge is 0.488 e. The first-order valence-corrected chi connectivity index (χ1v) is 7.97. The molecule has 5 heteroatoms. The third-order valence-corrected chi connectivity index (χ3v) is 4.47. The number of fused-ring (bicyclic) bond motifs is 1. The van der Waals surface area contributed by atoms with Gasteiger partial charge in [-0.2, -0.15) is 0 Å². The number of pyridine rings is 1. The van der Waals surface area contributed by atoms with Gasteiger partial charge in [-0.3, -0.25) is 9.78 Å². The van der Waals surface area contributed by atoms with E-state index in [1.807, 2.05) is 37.3 Å². The van der Waals surface area contributed by atoms with Crippen LogP contribution in [0.5, 0.6) is 5.75 Å². The summed E-state index contributed by atoms with van der Waals surface area (Å²) >= 11 is 6.06. The minimum atomic E-state index is -0.983. The van der Waals surface area contributed by atoms with Crippen molar-refractivity contribution in [1.82, 2.24) is 4.98 Å². The fourth-order valence-electron chi connectivity index (χ4n) is 2.89. The lowest BCUT2D eigenvalue weighted by Crippen LogP contribution is -2.48. The predicted octanol–water partition coefficient (Wildman–Crippen LogP) is 3.56. The maximum absolute atomic E-state index is 12.7. The van der Waals surface area contributed by atoms with Gasteiger partial charge in [0.1, 0.15) is 17.3 Å². The molecule has 23 heavy (non-hydrogen) atoms. The average molecular weight is 332 g/mol. The number of carbonyl (C=O) groups is 1. The van der Waals surface area contributed by atoms with Crippen LogP contribution in [0.1, 0.15) is 25.1 Å². The van der Waals surface area contributed by atoms with Gasteiger partial charge >= 0.3 is 5.97 Å². The highest BCUT2D eigenvalue weighted by molar-refractivity contribution is 6.30. The fourth-order valence-corrected chi connectivity index (χ4v) is 3.09. The van der Waals surface area contributed by atoms with Gasteiger partial charge in [0.05, 0.1) is 12.3 Å². The van der Waals surface area contributed by atoms with Crippen LogP contribution >= 0.6 is 11.6 Å². The molecule has 0 aliphatic carbocycles. The lowest BCUT2D eigenvalue weighted by Gasteiger charge is -2.31. The number of aromatic nitrogens is 1. The molecule has 1 aromatic heterocycles. The van der Waals surface area contributed by atoms with Crippen LogP contribution in [0, 0.1) is 0 Å². The van der Waals surface area contributed by atoms with E-state index in [9.17, 15) is 4.79 Å². The molecule has 0 amide bonds. The minimum absolute atomic E-state index is 0.312. The number of carbonyl (C=O) groups excluding carboxylic acids is 1. The molecular formula is C18H18ClNO3. The Morgan fingerprint density at radius 3 is 2.96 bits per heavy atom. The van der Waals surface area contributed by atoms with Crippen molar-refractivity contribution in [1.29, 1.82) is 0 Å². The zero-order chi connectivity index (χ0) is 16.4. The van der Waals surface area contributed by atoms with Gasteiger partial charge in [-0.15, -0.1) is 0 Å². The Bertz CT molecular complexity index is 719. The second kappa shape index (κ2) is 6.20. The number of rotatable bonds is 4. The predicted molar refractivity (Wildman–Crippen MR) is 87.8 cm³/mol. The van der Waals surface area contributed by atoms with Gasteiger partial charge in [-0.05, 0) is 49.7 Å². The monoisotopic (exact) mass is 331 g/mol. The van der Waals surface area contributed by atoms with Crippen molar-refractivity contribution in [2.24, 2.45) is 0 Å². The van der Waals surface area contributed by atoms with Crippen LogP contribution in [0.25, 0.3) is 0 Å². The number of benzene rings is 1. The molecule has 0 N–H and O–H groups in total. The van der Waals surface area contributed by atoms with Gasteiger partial charge in [0, 0.05) is 17.6 Å². The van der Waals surface area contributed by atoms with E-state index in [0.29, 0.717) is 23.7 Å². The molecule has 3 rings (SSSR count). The topological polar surface area (TPSA) is 48.4 Å². The van der Waals surface area contributed by atoms with Gasteiger partial charge in [0.15, 0.2) is 0 Å². The molecule has 120 valence electrons. The smallest absolute Gasteiger partial charge is 0.321 e. The van der Waals surface area contributed by atoms with E-state index in [-0.39, 0.29) is 12.1 Å². The lowest BCUT2D eigenvalue weighted by atomic mass is 9.78. The van der Waals surface area contributed by atoms with Gasteiger partial charge < -0.3 is 9.47 Å². The highest BCUT2D eigenvalue weighted by atomic mass is 35.5. The van der Waals surface area contributed by atoms with Crippen molar-refractivity contribution in [3.63, 3.8) is 0 Å². The second-order valence-corrected chi connectivity index (χ2v) is 6.14. The van der Waals surface area contributed by atoms with Crippen molar-refractivity contribution < 1.29 is 14.3 Å². The van der Waals surface area contributed by atoms with Crippen LogP contribution in [-0.4, -0.2) is 23.7 Å². The molecule has 0 saturated heterocycles. The summed E-state index contributed by atoms with van der Waals surface area (Å²) in [6, 6.07) is 11.0. The molecule has 4 nitrogen and oxygen atoms in total. The summed E-state index contributed by atoms with van der Waals surface area (Å²) in [4.78, 5) is 17.1. The Morgan fingerprint density at radius 1 is 1.43 bits per heavy atom. The SMILES string of the molecule is CCOC(=O)C(C)(c1ccccn1)C1Cc2cc(Cl)ccc2O1. The minimum Gasteiger partial charge on any atom is -0.488 e. The van der Waals surface area contributed by atoms with E-state index in [2.05, 4.69) is 4.98 Å². The van der Waals surface area contributed by atoms with Crippen LogP contribution in [0.3, 0.4) is 0 Å². The first-order chi connectivity index (χ1) is 11.1. The van der Waals surface area contributed by atoms with E-state index < -0.39 is 5.41 Å². The van der Waals surface area contributed by atoms with Gasteiger partial charge in [-0.25, -0.2) is 0 Å². The Balaban J connectivity index is 1.99. The third kappa shape index (κ3) is 2.79. The zero-order valence-corrected chi connectivity index (χ0v) is 13.8. The first kappa shape index (κ1) is 15.8. The molecule has 1 aliphatic heterocycles. The van der Waals surface area contributed by atoms with Gasteiger partial charge in [-0.1, -0.05) is 17.7 Å². The number of ether oxygens (including phenoxy) is 2. The van der Waals surface area contributed by atoms with E-state index in [0.717, 1.165) is 11.3 Å². The molecule has 2 heterocycles. The van der Waals surface area contributed by atoms with Crippen molar-refractivity contribution in [2.75, 3.05) is 6.61 Å². The lowest BCUT2D eigenvalue weighted by molar-refractivity contribution is -0.153. The standard InChI is InChI=1S/C18H18ClNO3/c1-3-22-17(21)18(2,15-6-4-5-9-20-15)16-11-12-10-13(19)7-8-14(12)23-16/h4-10,16H,3,11H2,1-2H3. The fraction of sp³-hybridized carbons (Fsp3) is 0.333. The summed E-state index contributed by atoms with van der Waals surface area (Å²) in [5, 5.41) is 0.656.